The Morgan fingerprint density at radius 2 is 1.75 bits per heavy atom. The van der Waals surface area contributed by atoms with Gasteiger partial charge in [0.05, 0.1) is 0 Å². The van der Waals surface area contributed by atoms with Crippen LogP contribution < -0.4 is 10.6 Å². The fourth-order valence-electron chi connectivity index (χ4n) is 1.78. The van der Waals surface area contributed by atoms with E-state index in [9.17, 15) is 0 Å². The van der Waals surface area contributed by atoms with Crippen LogP contribution in [0.5, 0.6) is 0 Å². The molecule has 0 aliphatic rings. The average Bonchev–Trinajstić information content (AvgIpc) is 2.49. The molecule has 0 bridgehead atoms. The molecule has 2 aromatic rings. The second kappa shape index (κ2) is 7.24. The molecule has 0 radical (unpaired) electrons. The Hall–Kier alpha value is -1.62. The zero-order valence-corrected chi connectivity index (χ0v) is 13.4. The van der Waals surface area contributed by atoms with Crippen molar-refractivity contribution in [3.8, 4) is 0 Å². The number of hydrogen-bond acceptors (Lipinski definition) is 4. The van der Waals surface area contributed by atoms with Gasteiger partial charge in [-0.05, 0) is 46.5 Å². The standard InChI is InChI=1S/C15H19BrN4/c1-3-9-17-14-13(16)15(19-10-18-14)20-12-7-5-11(4-2)6-8-12/h5-8,10H,3-4,9H2,1-2H3,(H2,17,18,19,20). The average molecular weight is 335 g/mol. The van der Waals surface area contributed by atoms with Crippen molar-refractivity contribution in [2.75, 3.05) is 17.2 Å². The minimum Gasteiger partial charge on any atom is -0.369 e. The van der Waals surface area contributed by atoms with Crippen molar-refractivity contribution < 1.29 is 0 Å². The van der Waals surface area contributed by atoms with E-state index in [0.717, 1.165) is 41.2 Å². The van der Waals surface area contributed by atoms with E-state index >= 15 is 0 Å². The van der Waals surface area contributed by atoms with Gasteiger partial charge in [-0.25, -0.2) is 9.97 Å². The molecular formula is C15H19BrN4. The highest BCUT2D eigenvalue weighted by molar-refractivity contribution is 9.10. The lowest BCUT2D eigenvalue weighted by atomic mass is 10.1. The maximum Gasteiger partial charge on any atom is 0.150 e. The minimum absolute atomic E-state index is 0.767. The third kappa shape index (κ3) is 3.70. The molecule has 0 fully saturated rings. The fourth-order valence-corrected chi connectivity index (χ4v) is 2.23. The summed E-state index contributed by atoms with van der Waals surface area (Å²) in [6, 6.07) is 8.36. The Bertz CT molecular complexity index is 554. The van der Waals surface area contributed by atoms with Gasteiger partial charge < -0.3 is 10.6 Å². The number of rotatable bonds is 6. The van der Waals surface area contributed by atoms with Gasteiger partial charge in [0.1, 0.15) is 22.4 Å². The summed E-state index contributed by atoms with van der Waals surface area (Å²) in [6.07, 6.45) is 3.66. The molecule has 0 aliphatic heterocycles. The molecule has 0 saturated carbocycles. The van der Waals surface area contributed by atoms with Crippen molar-refractivity contribution in [3.63, 3.8) is 0 Å². The summed E-state index contributed by atoms with van der Waals surface area (Å²) >= 11 is 3.55. The summed E-state index contributed by atoms with van der Waals surface area (Å²) in [7, 11) is 0. The van der Waals surface area contributed by atoms with Crippen LogP contribution in [0.15, 0.2) is 35.1 Å². The van der Waals surface area contributed by atoms with Crippen LogP contribution in [0.3, 0.4) is 0 Å². The van der Waals surface area contributed by atoms with E-state index in [1.54, 1.807) is 6.33 Å². The molecule has 1 aromatic heterocycles. The number of aryl methyl sites for hydroxylation is 1. The van der Waals surface area contributed by atoms with E-state index in [0.29, 0.717) is 0 Å². The predicted octanol–water partition coefficient (Wildman–Crippen LogP) is 4.37. The molecule has 0 atom stereocenters. The smallest absolute Gasteiger partial charge is 0.150 e. The topological polar surface area (TPSA) is 49.8 Å². The highest BCUT2D eigenvalue weighted by Crippen LogP contribution is 2.28. The van der Waals surface area contributed by atoms with Crippen LogP contribution in [-0.4, -0.2) is 16.5 Å². The van der Waals surface area contributed by atoms with Gasteiger partial charge >= 0.3 is 0 Å². The normalized spacial score (nSPS) is 10.3. The van der Waals surface area contributed by atoms with Crippen molar-refractivity contribution in [1.29, 1.82) is 0 Å². The summed E-state index contributed by atoms with van der Waals surface area (Å²) in [5.41, 5.74) is 2.34. The third-order valence-electron chi connectivity index (χ3n) is 2.96. The summed E-state index contributed by atoms with van der Waals surface area (Å²) in [4.78, 5) is 8.51. The quantitative estimate of drug-likeness (QED) is 0.823. The maximum absolute atomic E-state index is 4.28. The maximum atomic E-state index is 4.28. The van der Waals surface area contributed by atoms with E-state index < -0.39 is 0 Å². The summed E-state index contributed by atoms with van der Waals surface area (Å²) in [5.74, 6) is 1.58. The van der Waals surface area contributed by atoms with Crippen LogP contribution in [0, 0.1) is 0 Å². The van der Waals surface area contributed by atoms with Crippen molar-refractivity contribution in [2.45, 2.75) is 26.7 Å². The molecule has 2 N–H and O–H groups in total. The highest BCUT2D eigenvalue weighted by Gasteiger charge is 2.08. The lowest BCUT2D eigenvalue weighted by molar-refractivity contribution is 0.962. The van der Waals surface area contributed by atoms with Gasteiger partial charge in [-0.1, -0.05) is 26.0 Å². The number of halogens is 1. The van der Waals surface area contributed by atoms with Crippen molar-refractivity contribution in [1.82, 2.24) is 9.97 Å². The lowest BCUT2D eigenvalue weighted by Gasteiger charge is -2.11. The number of nitrogens with zero attached hydrogens (tertiary/aromatic N) is 2. The van der Waals surface area contributed by atoms with Gasteiger partial charge in [-0.15, -0.1) is 0 Å². The summed E-state index contributed by atoms with van der Waals surface area (Å²) in [6.45, 7) is 5.16. The predicted molar refractivity (Wildman–Crippen MR) is 87.6 cm³/mol. The summed E-state index contributed by atoms with van der Waals surface area (Å²) < 4.78 is 0.855. The van der Waals surface area contributed by atoms with Crippen LogP contribution in [0.1, 0.15) is 25.8 Å². The first-order chi connectivity index (χ1) is 9.74. The molecule has 0 amide bonds. The van der Waals surface area contributed by atoms with Crippen LogP contribution in [0.2, 0.25) is 0 Å². The molecule has 1 aromatic carbocycles. The molecule has 5 heteroatoms. The van der Waals surface area contributed by atoms with Gasteiger partial charge in [-0.3, -0.25) is 0 Å². The van der Waals surface area contributed by atoms with Gasteiger partial charge in [-0.2, -0.15) is 0 Å². The van der Waals surface area contributed by atoms with Crippen LogP contribution in [0.25, 0.3) is 0 Å². The molecule has 0 spiro atoms. The first-order valence-corrected chi connectivity index (χ1v) is 7.64. The Balaban J connectivity index is 2.15. The van der Waals surface area contributed by atoms with E-state index in [1.807, 2.05) is 0 Å². The lowest BCUT2D eigenvalue weighted by Crippen LogP contribution is -2.05. The second-order valence-corrected chi connectivity index (χ2v) is 5.28. The van der Waals surface area contributed by atoms with Gasteiger partial charge in [0, 0.05) is 12.2 Å². The minimum atomic E-state index is 0.767. The molecule has 4 nitrogen and oxygen atoms in total. The van der Waals surface area contributed by atoms with Crippen molar-refractivity contribution in [3.05, 3.63) is 40.6 Å². The van der Waals surface area contributed by atoms with Crippen molar-refractivity contribution >= 4 is 33.3 Å². The second-order valence-electron chi connectivity index (χ2n) is 4.49. The van der Waals surface area contributed by atoms with Crippen LogP contribution in [-0.2, 0) is 6.42 Å². The largest absolute Gasteiger partial charge is 0.369 e. The SMILES string of the molecule is CCCNc1ncnc(Nc2ccc(CC)cc2)c1Br. The molecule has 2 rings (SSSR count). The highest BCUT2D eigenvalue weighted by atomic mass is 79.9. The third-order valence-corrected chi connectivity index (χ3v) is 3.71. The Morgan fingerprint density at radius 1 is 1.05 bits per heavy atom. The fraction of sp³-hybridized carbons (Fsp3) is 0.333. The monoisotopic (exact) mass is 334 g/mol. The van der Waals surface area contributed by atoms with E-state index in [-0.39, 0.29) is 0 Å². The molecule has 20 heavy (non-hydrogen) atoms. The molecule has 0 aliphatic carbocycles. The molecule has 1 heterocycles. The first kappa shape index (κ1) is 14.8. The number of aromatic nitrogens is 2. The van der Waals surface area contributed by atoms with E-state index in [1.165, 1.54) is 5.56 Å². The Kier molecular flexibility index (Phi) is 5.35. The Morgan fingerprint density at radius 3 is 2.40 bits per heavy atom. The van der Waals surface area contributed by atoms with E-state index in [2.05, 4.69) is 74.6 Å². The van der Waals surface area contributed by atoms with Crippen LogP contribution in [0.4, 0.5) is 17.3 Å². The zero-order chi connectivity index (χ0) is 14.4. The number of anilines is 3. The molecule has 0 saturated heterocycles. The van der Waals surface area contributed by atoms with E-state index in [4.69, 9.17) is 0 Å². The number of nitrogens with one attached hydrogen (secondary N) is 2. The Labute approximate surface area is 128 Å². The van der Waals surface area contributed by atoms with Crippen molar-refractivity contribution in [2.24, 2.45) is 0 Å². The van der Waals surface area contributed by atoms with Gasteiger partial charge in [0.2, 0.25) is 0 Å². The molecule has 0 unspecified atom stereocenters. The number of benzene rings is 1. The van der Waals surface area contributed by atoms with Gasteiger partial charge in [0.15, 0.2) is 0 Å². The first-order valence-electron chi connectivity index (χ1n) is 6.85. The van der Waals surface area contributed by atoms with Crippen LogP contribution >= 0.6 is 15.9 Å². The molecular weight excluding hydrogens is 316 g/mol. The molecule has 106 valence electrons. The number of hydrogen-bond donors (Lipinski definition) is 2. The van der Waals surface area contributed by atoms with Gasteiger partial charge in [0.25, 0.3) is 0 Å². The zero-order valence-electron chi connectivity index (χ0n) is 11.8. The summed E-state index contributed by atoms with van der Waals surface area (Å²) in [5, 5.41) is 6.57.